The molecule has 0 unspecified atom stereocenters. The Morgan fingerprint density at radius 1 is 1.24 bits per heavy atom. The Morgan fingerprint density at radius 2 is 1.96 bits per heavy atom. The van der Waals surface area contributed by atoms with Crippen molar-refractivity contribution < 1.29 is 13.2 Å². The Hall–Kier alpha value is -1.94. The normalized spacial score (nSPS) is 14.6. The molecule has 0 aliphatic heterocycles. The third-order valence-corrected chi connectivity index (χ3v) is 6.79. The van der Waals surface area contributed by atoms with Crippen molar-refractivity contribution in [3.05, 3.63) is 51.9 Å². The van der Waals surface area contributed by atoms with Gasteiger partial charge in [-0.1, -0.05) is 18.2 Å². The van der Waals surface area contributed by atoms with Crippen LogP contribution in [0.2, 0.25) is 0 Å². The lowest BCUT2D eigenvalue weighted by Crippen LogP contribution is -2.27. The Kier molecular flexibility index (Phi) is 4.03. The maximum atomic E-state index is 13.3. The molecule has 1 aliphatic carbocycles. The fourth-order valence-corrected chi connectivity index (χ4v) is 5.20. The number of benzene rings is 1. The zero-order chi connectivity index (χ0) is 17.6. The topological polar surface area (TPSA) is 91.9 Å². The fraction of sp³-hybridized carbons (Fsp3) is 0.176. The van der Waals surface area contributed by atoms with E-state index >= 15 is 0 Å². The number of amides is 1. The van der Waals surface area contributed by atoms with Crippen LogP contribution in [0.1, 0.15) is 23.2 Å². The van der Waals surface area contributed by atoms with Crippen LogP contribution in [-0.4, -0.2) is 30.3 Å². The largest absolute Gasteiger partial charge is 0.349 e. The van der Waals surface area contributed by atoms with Gasteiger partial charge in [0.15, 0.2) is 0 Å². The average Bonchev–Trinajstić information content (AvgIpc) is 3.35. The highest BCUT2D eigenvalue weighted by Gasteiger charge is 2.31. The summed E-state index contributed by atoms with van der Waals surface area (Å²) >= 11 is 2.05. The zero-order valence-electron chi connectivity index (χ0n) is 13.0. The molecule has 6 nitrogen and oxygen atoms in total. The number of sulfone groups is 1. The summed E-state index contributed by atoms with van der Waals surface area (Å²) in [6.07, 6.45) is 4.86. The molecule has 1 fully saturated rings. The first-order valence-corrected chi connectivity index (χ1v) is 10.3. The summed E-state index contributed by atoms with van der Waals surface area (Å²) in [6.45, 7) is 0. The van der Waals surface area contributed by atoms with Crippen molar-refractivity contribution in [3.8, 4) is 0 Å². The van der Waals surface area contributed by atoms with Gasteiger partial charge in [0.05, 0.1) is 20.7 Å². The molecule has 1 amide bonds. The van der Waals surface area contributed by atoms with Gasteiger partial charge in [-0.15, -0.1) is 0 Å². The molecule has 0 bridgehead atoms. The molecule has 3 aromatic rings. The van der Waals surface area contributed by atoms with Crippen LogP contribution in [-0.2, 0) is 9.84 Å². The third kappa shape index (κ3) is 2.93. The molecule has 8 heteroatoms. The Balaban J connectivity index is 1.99. The van der Waals surface area contributed by atoms with E-state index in [4.69, 9.17) is 0 Å². The van der Waals surface area contributed by atoms with Crippen LogP contribution < -0.4 is 5.32 Å². The maximum Gasteiger partial charge on any atom is 0.254 e. The van der Waals surface area contributed by atoms with Gasteiger partial charge in [-0.05, 0) is 47.6 Å². The van der Waals surface area contributed by atoms with Gasteiger partial charge >= 0.3 is 0 Å². The van der Waals surface area contributed by atoms with Gasteiger partial charge in [0, 0.05) is 22.0 Å². The summed E-state index contributed by atoms with van der Waals surface area (Å²) in [5.41, 5.74) is 0.530. The number of H-pyrrole nitrogens is 1. The van der Waals surface area contributed by atoms with Gasteiger partial charge < -0.3 is 10.3 Å². The molecule has 0 radical (unpaired) electrons. The minimum absolute atomic E-state index is 0.00694. The minimum Gasteiger partial charge on any atom is -0.349 e. The first-order chi connectivity index (χ1) is 12.0. The van der Waals surface area contributed by atoms with Crippen molar-refractivity contribution in [2.45, 2.75) is 28.7 Å². The van der Waals surface area contributed by atoms with E-state index in [9.17, 15) is 13.2 Å². The number of nitrogens with zero attached hydrogens (tertiary/aromatic N) is 1. The summed E-state index contributed by atoms with van der Waals surface area (Å²) in [5, 5.41) is 3.31. The second kappa shape index (κ2) is 6.10. The number of carbonyl (C=O) groups is 1. The number of aromatic amines is 1. The number of nitrogens with one attached hydrogen (secondary N) is 2. The number of hydrogen-bond donors (Lipinski definition) is 2. The van der Waals surface area contributed by atoms with Gasteiger partial charge in [-0.2, -0.15) is 0 Å². The van der Waals surface area contributed by atoms with Gasteiger partial charge in [0.25, 0.3) is 5.91 Å². The van der Waals surface area contributed by atoms with Crippen LogP contribution in [0.3, 0.4) is 0 Å². The molecule has 0 spiro atoms. The highest BCUT2D eigenvalue weighted by Crippen LogP contribution is 2.33. The van der Waals surface area contributed by atoms with E-state index in [1.807, 2.05) is 22.6 Å². The van der Waals surface area contributed by atoms with E-state index in [2.05, 4.69) is 15.3 Å². The molecule has 1 aromatic carbocycles. The van der Waals surface area contributed by atoms with Crippen LogP contribution >= 0.6 is 22.6 Å². The molecular formula is C17H14IN3O3S. The first-order valence-electron chi connectivity index (χ1n) is 7.75. The smallest absolute Gasteiger partial charge is 0.254 e. The fourth-order valence-electron chi connectivity index (χ4n) is 2.68. The number of carbonyl (C=O) groups excluding carboxylic acids is 1. The van der Waals surface area contributed by atoms with E-state index in [1.165, 1.54) is 18.3 Å². The van der Waals surface area contributed by atoms with Gasteiger partial charge in [-0.3, -0.25) is 4.79 Å². The number of fused-ring (bicyclic) bond motifs is 1. The number of aromatic nitrogens is 2. The van der Waals surface area contributed by atoms with E-state index in [0.717, 1.165) is 12.8 Å². The minimum atomic E-state index is -3.87. The van der Waals surface area contributed by atoms with Gasteiger partial charge in [0.1, 0.15) is 5.65 Å². The zero-order valence-corrected chi connectivity index (χ0v) is 16.0. The molecular weight excluding hydrogens is 453 g/mol. The summed E-state index contributed by atoms with van der Waals surface area (Å²) in [6, 6.07) is 8.27. The monoisotopic (exact) mass is 467 g/mol. The van der Waals surface area contributed by atoms with Crippen molar-refractivity contribution in [2.75, 3.05) is 0 Å². The van der Waals surface area contributed by atoms with E-state index < -0.39 is 15.7 Å². The number of rotatable bonds is 4. The molecule has 128 valence electrons. The summed E-state index contributed by atoms with van der Waals surface area (Å²) in [7, 11) is -3.87. The molecule has 0 atom stereocenters. The predicted molar refractivity (Wildman–Crippen MR) is 101 cm³/mol. The van der Waals surface area contributed by atoms with E-state index in [0.29, 0.717) is 14.6 Å². The lowest BCUT2D eigenvalue weighted by Gasteiger charge is -2.12. The molecule has 1 aliphatic rings. The van der Waals surface area contributed by atoms with Crippen molar-refractivity contribution in [3.63, 3.8) is 0 Å². The lowest BCUT2D eigenvalue weighted by molar-refractivity contribution is 0.0947. The summed E-state index contributed by atoms with van der Waals surface area (Å²) in [4.78, 5) is 20.0. The van der Waals surface area contributed by atoms with Gasteiger partial charge in [-0.25, -0.2) is 13.4 Å². The highest BCUT2D eigenvalue weighted by atomic mass is 127. The Labute approximate surface area is 158 Å². The van der Waals surface area contributed by atoms with Crippen LogP contribution in [0.4, 0.5) is 0 Å². The number of halogens is 1. The van der Waals surface area contributed by atoms with Crippen molar-refractivity contribution >= 4 is 49.4 Å². The second-order valence-corrected chi connectivity index (χ2v) is 8.97. The third-order valence-electron chi connectivity index (χ3n) is 4.09. The van der Waals surface area contributed by atoms with Crippen molar-refractivity contribution in [1.82, 2.24) is 15.3 Å². The molecule has 25 heavy (non-hydrogen) atoms. The average molecular weight is 467 g/mol. The number of pyridine rings is 1. The molecule has 2 aromatic heterocycles. The summed E-state index contributed by atoms with van der Waals surface area (Å²) in [5.74, 6) is -0.400. The quantitative estimate of drug-likeness (QED) is 0.578. The highest BCUT2D eigenvalue weighted by molar-refractivity contribution is 14.1. The van der Waals surface area contributed by atoms with Crippen molar-refractivity contribution in [2.24, 2.45) is 0 Å². The van der Waals surface area contributed by atoms with E-state index in [1.54, 1.807) is 24.4 Å². The maximum absolute atomic E-state index is 13.3. The van der Waals surface area contributed by atoms with Crippen LogP contribution in [0.15, 0.2) is 52.5 Å². The molecule has 4 rings (SSSR count). The Morgan fingerprint density at radius 3 is 2.64 bits per heavy atom. The van der Waals surface area contributed by atoms with Crippen LogP contribution in [0.5, 0.6) is 0 Å². The predicted octanol–water partition coefficient (Wildman–Crippen LogP) is 2.89. The molecule has 1 saturated carbocycles. The first kappa shape index (κ1) is 16.5. The summed E-state index contributed by atoms with van der Waals surface area (Å²) < 4.78 is 27.3. The number of hydrogen-bond acceptors (Lipinski definition) is 4. The second-order valence-electron chi connectivity index (χ2n) is 5.93. The lowest BCUT2D eigenvalue weighted by atomic mass is 10.2. The van der Waals surface area contributed by atoms with Crippen LogP contribution in [0.25, 0.3) is 11.0 Å². The standard InChI is InChI=1S/C17H14IN3O3S/c18-13-9-20-16-14(13)15(25(23,24)11-4-2-1-3-5-11)12(8-19-16)17(22)21-10-6-7-10/h1-5,8-10H,6-7H2,(H,19,20)(H,21,22). The molecule has 2 heterocycles. The van der Waals surface area contributed by atoms with Crippen LogP contribution in [0, 0.1) is 3.57 Å². The SMILES string of the molecule is O=C(NC1CC1)c1cnc2[nH]cc(I)c2c1S(=O)(=O)c1ccccc1. The van der Waals surface area contributed by atoms with E-state index in [-0.39, 0.29) is 21.4 Å². The molecule has 2 N–H and O–H groups in total. The Bertz CT molecular complexity index is 1070. The van der Waals surface area contributed by atoms with Gasteiger partial charge in [0.2, 0.25) is 9.84 Å². The van der Waals surface area contributed by atoms with Crippen molar-refractivity contribution in [1.29, 1.82) is 0 Å². The molecule has 0 saturated heterocycles.